The number of aromatic nitrogens is 2. The Hall–Kier alpha value is -0.230. The SMILES string of the molecule is IN1CCC(c2ncccn2)CC1. The van der Waals surface area contributed by atoms with E-state index in [9.17, 15) is 0 Å². The Labute approximate surface area is 92.1 Å². The van der Waals surface area contributed by atoms with E-state index < -0.39 is 0 Å². The summed E-state index contributed by atoms with van der Waals surface area (Å²) < 4.78 is 2.33. The quantitative estimate of drug-likeness (QED) is 0.585. The maximum absolute atomic E-state index is 4.30. The standard InChI is InChI=1S/C9H12IN3/c10-13-6-2-8(3-7-13)9-11-4-1-5-12-9/h1,4-5,8H,2-3,6-7H2. The summed E-state index contributed by atoms with van der Waals surface area (Å²) in [5.41, 5.74) is 0. The van der Waals surface area contributed by atoms with Crippen LogP contribution in [0.3, 0.4) is 0 Å². The lowest BCUT2D eigenvalue weighted by Crippen LogP contribution is -2.25. The Kier molecular flexibility index (Phi) is 3.10. The van der Waals surface area contributed by atoms with Gasteiger partial charge >= 0.3 is 0 Å². The first-order valence-electron chi connectivity index (χ1n) is 4.54. The molecule has 1 aromatic heterocycles. The van der Waals surface area contributed by atoms with Gasteiger partial charge in [0.2, 0.25) is 0 Å². The van der Waals surface area contributed by atoms with Gasteiger partial charge in [-0.3, -0.25) is 0 Å². The molecule has 0 N–H and O–H groups in total. The zero-order chi connectivity index (χ0) is 9.10. The summed E-state index contributed by atoms with van der Waals surface area (Å²) >= 11 is 2.38. The molecule has 13 heavy (non-hydrogen) atoms. The predicted octanol–water partition coefficient (Wildman–Crippen LogP) is 2.01. The molecule has 0 aromatic carbocycles. The third kappa shape index (κ3) is 2.37. The van der Waals surface area contributed by atoms with Crippen molar-refractivity contribution in [1.29, 1.82) is 0 Å². The fraction of sp³-hybridized carbons (Fsp3) is 0.556. The van der Waals surface area contributed by atoms with Gasteiger partial charge in [0, 0.05) is 54.3 Å². The molecule has 3 nitrogen and oxygen atoms in total. The molecule has 70 valence electrons. The number of rotatable bonds is 1. The minimum Gasteiger partial charge on any atom is -0.248 e. The maximum atomic E-state index is 4.30. The highest BCUT2D eigenvalue weighted by atomic mass is 127. The molecule has 0 amide bonds. The molecule has 0 spiro atoms. The van der Waals surface area contributed by atoms with Crippen LogP contribution >= 0.6 is 22.9 Å². The van der Waals surface area contributed by atoms with Crippen molar-refractivity contribution in [2.75, 3.05) is 13.1 Å². The molecular formula is C9H12IN3. The van der Waals surface area contributed by atoms with Crippen LogP contribution in [0.25, 0.3) is 0 Å². The third-order valence-electron chi connectivity index (χ3n) is 2.39. The lowest BCUT2D eigenvalue weighted by molar-refractivity contribution is 0.360. The minimum atomic E-state index is 0.576. The van der Waals surface area contributed by atoms with E-state index in [0.29, 0.717) is 5.92 Å². The fourth-order valence-electron chi connectivity index (χ4n) is 1.63. The van der Waals surface area contributed by atoms with E-state index in [1.807, 2.05) is 18.5 Å². The Morgan fingerprint density at radius 2 is 1.85 bits per heavy atom. The van der Waals surface area contributed by atoms with E-state index in [2.05, 4.69) is 35.9 Å². The predicted molar refractivity (Wildman–Crippen MR) is 59.6 cm³/mol. The number of nitrogens with zero attached hydrogens (tertiary/aromatic N) is 3. The van der Waals surface area contributed by atoms with Crippen LogP contribution in [0.15, 0.2) is 18.5 Å². The highest BCUT2D eigenvalue weighted by Gasteiger charge is 2.20. The smallest absolute Gasteiger partial charge is 0.131 e. The van der Waals surface area contributed by atoms with Crippen LogP contribution in [0.1, 0.15) is 24.6 Å². The molecule has 2 heterocycles. The van der Waals surface area contributed by atoms with Crippen molar-refractivity contribution in [2.45, 2.75) is 18.8 Å². The highest BCUT2D eigenvalue weighted by molar-refractivity contribution is 14.1. The first kappa shape index (κ1) is 9.33. The fourth-order valence-corrected chi connectivity index (χ4v) is 2.18. The molecule has 1 aliphatic heterocycles. The van der Waals surface area contributed by atoms with Gasteiger partial charge in [0.1, 0.15) is 5.82 Å². The van der Waals surface area contributed by atoms with Crippen LogP contribution in [-0.2, 0) is 0 Å². The second kappa shape index (κ2) is 4.32. The second-order valence-corrected chi connectivity index (χ2v) is 4.66. The summed E-state index contributed by atoms with van der Waals surface area (Å²) in [5.74, 6) is 1.60. The van der Waals surface area contributed by atoms with Crippen LogP contribution in [0.4, 0.5) is 0 Å². The van der Waals surface area contributed by atoms with Gasteiger partial charge in [-0.1, -0.05) is 0 Å². The molecule has 0 unspecified atom stereocenters. The summed E-state index contributed by atoms with van der Waals surface area (Å²) in [4.78, 5) is 8.59. The molecule has 0 atom stereocenters. The first-order chi connectivity index (χ1) is 6.36. The van der Waals surface area contributed by atoms with E-state index in [1.54, 1.807) is 0 Å². The number of hydrogen-bond donors (Lipinski definition) is 0. The Morgan fingerprint density at radius 1 is 1.23 bits per heavy atom. The summed E-state index contributed by atoms with van der Waals surface area (Å²) in [6, 6.07) is 1.87. The summed E-state index contributed by atoms with van der Waals surface area (Å²) in [6.45, 7) is 2.31. The van der Waals surface area contributed by atoms with E-state index >= 15 is 0 Å². The zero-order valence-corrected chi connectivity index (χ0v) is 9.51. The molecule has 0 radical (unpaired) electrons. The van der Waals surface area contributed by atoms with Gasteiger partial charge in [0.25, 0.3) is 0 Å². The van der Waals surface area contributed by atoms with Gasteiger partial charge in [0.15, 0.2) is 0 Å². The number of halogens is 1. The molecule has 0 saturated carbocycles. The van der Waals surface area contributed by atoms with E-state index in [1.165, 1.54) is 12.8 Å². The normalized spacial score (nSPS) is 20.4. The first-order valence-corrected chi connectivity index (χ1v) is 5.50. The molecule has 1 aromatic rings. The molecule has 1 aliphatic rings. The average molecular weight is 289 g/mol. The largest absolute Gasteiger partial charge is 0.248 e. The van der Waals surface area contributed by atoms with E-state index in [-0.39, 0.29) is 0 Å². The van der Waals surface area contributed by atoms with Crippen molar-refractivity contribution in [1.82, 2.24) is 13.1 Å². The van der Waals surface area contributed by atoms with Gasteiger partial charge in [-0.2, -0.15) is 0 Å². The summed E-state index contributed by atoms with van der Waals surface area (Å²) in [6.07, 6.45) is 6.04. The van der Waals surface area contributed by atoms with Crippen LogP contribution in [-0.4, -0.2) is 26.2 Å². The van der Waals surface area contributed by atoms with E-state index in [4.69, 9.17) is 0 Å². The van der Waals surface area contributed by atoms with Crippen molar-refractivity contribution in [2.24, 2.45) is 0 Å². The van der Waals surface area contributed by atoms with Crippen molar-refractivity contribution in [3.63, 3.8) is 0 Å². The van der Waals surface area contributed by atoms with Crippen molar-refractivity contribution in [3.8, 4) is 0 Å². The minimum absolute atomic E-state index is 0.576. The second-order valence-electron chi connectivity index (χ2n) is 3.29. The van der Waals surface area contributed by atoms with Crippen LogP contribution in [0.2, 0.25) is 0 Å². The van der Waals surface area contributed by atoms with Gasteiger partial charge < -0.3 is 0 Å². The molecule has 4 heteroatoms. The maximum Gasteiger partial charge on any atom is 0.131 e. The Morgan fingerprint density at radius 3 is 2.46 bits per heavy atom. The average Bonchev–Trinajstić information content (AvgIpc) is 2.20. The van der Waals surface area contributed by atoms with Gasteiger partial charge in [-0.05, 0) is 18.9 Å². The van der Waals surface area contributed by atoms with Gasteiger partial charge in [0.05, 0.1) is 0 Å². The third-order valence-corrected chi connectivity index (χ3v) is 3.36. The van der Waals surface area contributed by atoms with Crippen molar-refractivity contribution < 1.29 is 0 Å². The molecule has 1 saturated heterocycles. The molecule has 0 bridgehead atoms. The van der Waals surface area contributed by atoms with Gasteiger partial charge in [-0.25, -0.2) is 13.1 Å². The summed E-state index contributed by atoms with van der Waals surface area (Å²) in [7, 11) is 0. The monoisotopic (exact) mass is 289 g/mol. The molecular weight excluding hydrogens is 277 g/mol. The topological polar surface area (TPSA) is 29.0 Å². The number of hydrogen-bond acceptors (Lipinski definition) is 3. The lowest BCUT2D eigenvalue weighted by Gasteiger charge is -2.26. The number of piperidine rings is 1. The Bertz CT molecular complexity index is 257. The zero-order valence-electron chi connectivity index (χ0n) is 7.36. The van der Waals surface area contributed by atoms with Crippen LogP contribution in [0, 0.1) is 0 Å². The molecule has 0 aliphatic carbocycles. The van der Waals surface area contributed by atoms with Crippen molar-refractivity contribution >= 4 is 22.9 Å². The highest BCUT2D eigenvalue weighted by Crippen LogP contribution is 2.26. The molecule has 2 rings (SSSR count). The molecule has 1 fully saturated rings. The lowest BCUT2D eigenvalue weighted by atomic mass is 9.97. The van der Waals surface area contributed by atoms with Crippen molar-refractivity contribution in [3.05, 3.63) is 24.3 Å². The van der Waals surface area contributed by atoms with Crippen LogP contribution in [0.5, 0.6) is 0 Å². The Balaban J connectivity index is 2.03. The summed E-state index contributed by atoms with van der Waals surface area (Å²) in [5, 5.41) is 0. The van der Waals surface area contributed by atoms with E-state index in [0.717, 1.165) is 18.9 Å². The van der Waals surface area contributed by atoms with Crippen LogP contribution < -0.4 is 0 Å². The van der Waals surface area contributed by atoms with Gasteiger partial charge in [-0.15, -0.1) is 0 Å².